The lowest BCUT2D eigenvalue weighted by atomic mass is 9.76. The quantitative estimate of drug-likeness (QED) is 0.232. The molecule has 4 aromatic carbocycles. The zero-order valence-corrected chi connectivity index (χ0v) is 23.1. The van der Waals surface area contributed by atoms with Gasteiger partial charge in [-0.05, 0) is 37.6 Å². The van der Waals surface area contributed by atoms with Gasteiger partial charge in [0.25, 0.3) is 0 Å². The zero-order chi connectivity index (χ0) is 30.4. The Balaban J connectivity index is 1.90. The van der Waals surface area contributed by atoms with Gasteiger partial charge in [-0.15, -0.1) is 0 Å². The molecular formula is C32H26O10. The first-order valence-electron chi connectivity index (χ1n) is 13.0. The molecule has 0 saturated carbocycles. The summed E-state index contributed by atoms with van der Waals surface area (Å²) in [5, 5.41) is 56.0. The van der Waals surface area contributed by atoms with E-state index in [-0.39, 0.29) is 85.0 Å². The van der Waals surface area contributed by atoms with Crippen LogP contribution in [0.15, 0.2) is 35.9 Å². The first-order valence-corrected chi connectivity index (χ1v) is 13.0. The van der Waals surface area contributed by atoms with Crippen LogP contribution < -0.4 is 9.47 Å². The van der Waals surface area contributed by atoms with Crippen molar-refractivity contribution in [2.45, 2.75) is 32.3 Å². The molecule has 1 unspecified atom stereocenters. The van der Waals surface area contributed by atoms with Gasteiger partial charge in [0, 0.05) is 58.0 Å². The molecule has 42 heavy (non-hydrogen) atoms. The van der Waals surface area contributed by atoms with Crippen molar-refractivity contribution in [3.05, 3.63) is 58.2 Å². The molecule has 0 saturated heterocycles. The standard InChI is InChI=1S/C32H26O10/c1-12-5-17(34)27-28(29(12)37)26(16-7-14(33)8-20(41-3)25(16)31(27)39)23-15-6-13-10-32(2,40)11-19(36)22(13)30(38)24(15)21(42-4)9-18(23)35/h5-9,33,35,38-40H,10-11H2,1-4H3. The van der Waals surface area contributed by atoms with E-state index in [1.807, 2.05) is 0 Å². The van der Waals surface area contributed by atoms with Crippen LogP contribution in [0.4, 0.5) is 0 Å². The number of methoxy groups -OCH3 is 2. The van der Waals surface area contributed by atoms with Crippen LogP contribution in [0.3, 0.4) is 0 Å². The average Bonchev–Trinajstić information content (AvgIpc) is 2.90. The fourth-order valence-corrected chi connectivity index (χ4v) is 6.32. The maximum Gasteiger partial charge on any atom is 0.190 e. The number of ether oxygens (including phenoxy) is 2. The highest BCUT2D eigenvalue weighted by atomic mass is 16.5. The Labute approximate surface area is 238 Å². The minimum atomic E-state index is -1.40. The minimum Gasteiger partial charge on any atom is -0.508 e. The van der Waals surface area contributed by atoms with Gasteiger partial charge >= 0.3 is 0 Å². The normalized spacial score (nSPS) is 18.2. The lowest BCUT2D eigenvalue weighted by molar-refractivity contribution is 0.0409. The predicted molar refractivity (Wildman–Crippen MR) is 152 cm³/mol. The summed E-state index contributed by atoms with van der Waals surface area (Å²) < 4.78 is 10.9. The molecule has 1 atom stereocenters. The van der Waals surface area contributed by atoms with Gasteiger partial charge < -0.3 is 35.0 Å². The van der Waals surface area contributed by atoms with E-state index in [0.717, 1.165) is 6.08 Å². The van der Waals surface area contributed by atoms with Crippen LogP contribution in [-0.4, -0.2) is 62.7 Å². The number of allylic oxidation sites excluding steroid dienone is 2. The lowest BCUT2D eigenvalue weighted by Gasteiger charge is -2.30. The molecule has 2 aliphatic rings. The summed E-state index contributed by atoms with van der Waals surface area (Å²) in [5.41, 5.74) is -1.61. The number of Topliss-reactive ketones (excluding diaryl/α,β-unsaturated/α-hetero) is 2. The Morgan fingerprint density at radius 2 is 1.33 bits per heavy atom. The first kappa shape index (κ1) is 27.1. The van der Waals surface area contributed by atoms with Gasteiger partial charge in [-0.1, -0.05) is 0 Å². The monoisotopic (exact) mass is 570 g/mol. The van der Waals surface area contributed by atoms with Crippen LogP contribution in [0.25, 0.3) is 32.7 Å². The van der Waals surface area contributed by atoms with Crippen molar-refractivity contribution in [2.75, 3.05) is 14.2 Å². The number of aliphatic hydroxyl groups is 1. The van der Waals surface area contributed by atoms with E-state index in [0.29, 0.717) is 5.56 Å². The largest absolute Gasteiger partial charge is 0.508 e. The molecule has 0 radical (unpaired) electrons. The molecule has 0 spiro atoms. The fourth-order valence-electron chi connectivity index (χ4n) is 6.32. The van der Waals surface area contributed by atoms with Gasteiger partial charge in [0.2, 0.25) is 0 Å². The summed E-state index contributed by atoms with van der Waals surface area (Å²) in [4.78, 5) is 40.1. The predicted octanol–water partition coefficient (Wildman–Crippen LogP) is 4.70. The molecular weight excluding hydrogens is 544 g/mol. The third-order valence-corrected chi connectivity index (χ3v) is 8.01. The topological polar surface area (TPSA) is 171 Å². The SMILES string of the molecule is COc1cc(O)c(-c2c3c(c(O)c4c(OC)cc(O)cc24)C(=O)C=C(C)C3=O)c2cc3c(c(O)c12)C(=O)CC(C)(O)C3. The molecule has 6 rings (SSSR count). The van der Waals surface area contributed by atoms with E-state index in [9.17, 15) is 39.9 Å². The highest BCUT2D eigenvalue weighted by Crippen LogP contribution is 2.54. The highest BCUT2D eigenvalue weighted by molar-refractivity contribution is 6.33. The van der Waals surface area contributed by atoms with Gasteiger partial charge in [-0.25, -0.2) is 0 Å². The third-order valence-electron chi connectivity index (χ3n) is 8.01. The van der Waals surface area contributed by atoms with E-state index in [1.54, 1.807) is 0 Å². The number of fused-ring (bicyclic) bond motifs is 4. The summed E-state index contributed by atoms with van der Waals surface area (Å²) >= 11 is 0. The summed E-state index contributed by atoms with van der Waals surface area (Å²) in [6.07, 6.45) is 0.885. The molecule has 0 amide bonds. The number of phenolic OH excluding ortho intramolecular Hbond substituents is 4. The Bertz CT molecular complexity index is 1980. The fraction of sp³-hybridized carbons (Fsp3) is 0.219. The van der Waals surface area contributed by atoms with Crippen LogP contribution in [0.1, 0.15) is 56.9 Å². The number of rotatable bonds is 3. The van der Waals surface area contributed by atoms with Gasteiger partial charge in [0.1, 0.15) is 34.5 Å². The van der Waals surface area contributed by atoms with Crippen molar-refractivity contribution < 1.29 is 49.4 Å². The molecule has 0 heterocycles. The van der Waals surface area contributed by atoms with E-state index >= 15 is 0 Å². The Morgan fingerprint density at radius 3 is 1.98 bits per heavy atom. The second-order valence-corrected chi connectivity index (χ2v) is 11.0. The second-order valence-electron chi connectivity index (χ2n) is 11.0. The smallest absolute Gasteiger partial charge is 0.190 e. The number of carbonyl (C=O) groups excluding carboxylic acids is 3. The molecule has 0 aromatic heterocycles. The Kier molecular flexibility index (Phi) is 5.78. The lowest BCUT2D eigenvalue weighted by Crippen LogP contribution is -2.35. The molecule has 10 heteroatoms. The molecule has 0 fully saturated rings. The minimum absolute atomic E-state index is 0.00168. The summed E-state index contributed by atoms with van der Waals surface area (Å²) in [5.74, 6) is -3.41. The molecule has 0 bridgehead atoms. The van der Waals surface area contributed by atoms with Crippen LogP contribution in [-0.2, 0) is 6.42 Å². The van der Waals surface area contributed by atoms with Crippen molar-refractivity contribution in [3.63, 3.8) is 0 Å². The Morgan fingerprint density at radius 1 is 0.738 bits per heavy atom. The van der Waals surface area contributed by atoms with Crippen molar-refractivity contribution >= 4 is 38.9 Å². The molecule has 2 aliphatic carbocycles. The number of aromatic hydroxyl groups is 4. The van der Waals surface area contributed by atoms with Gasteiger partial charge in [0.15, 0.2) is 17.3 Å². The number of ketones is 3. The van der Waals surface area contributed by atoms with Gasteiger partial charge in [-0.2, -0.15) is 0 Å². The molecule has 0 aliphatic heterocycles. The maximum atomic E-state index is 13.7. The maximum absolute atomic E-state index is 13.7. The molecule has 4 aromatic rings. The van der Waals surface area contributed by atoms with E-state index in [2.05, 4.69) is 0 Å². The van der Waals surface area contributed by atoms with Crippen LogP contribution in [0.5, 0.6) is 34.5 Å². The van der Waals surface area contributed by atoms with Crippen LogP contribution in [0.2, 0.25) is 0 Å². The van der Waals surface area contributed by atoms with E-state index in [4.69, 9.17) is 9.47 Å². The number of benzene rings is 4. The highest BCUT2D eigenvalue weighted by Gasteiger charge is 2.38. The molecule has 214 valence electrons. The summed E-state index contributed by atoms with van der Waals surface area (Å²) in [7, 11) is 2.62. The number of phenols is 4. The van der Waals surface area contributed by atoms with Crippen molar-refractivity contribution in [2.24, 2.45) is 0 Å². The zero-order valence-electron chi connectivity index (χ0n) is 23.1. The Hall–Kier alpha value is -5.09. The number of hydrogen-bond donors (Lipinski definition) is 5. The summed E-state index contributed by atoms with van der Waals surface area (Å²) in [6.45, 7) is 2.94. The average molecular weight is 571 g/mol. The third kappa shape index (κ3) is 3.65. The van der Waals surface area contributed by atoms with Gasteiger partial charge in [-0.3, -0.25) is 14.4 Å². The second kappa shape index (κ2) is 8.95. The van der Waals surface area contributed by atoms with Crippen molar-refractivity contribution in [1.82, 2.24) is 0 Å². The molecule has 5 N–H and O–H groups in total. The number of carbonyl (C=O) groups is 3. The number of hydrogen-bond acceptors (Lipinski definition) is 10. The van der Waals surface area contributed by atoms with Crippen molar-refractivity contribution in [3.8, 4) is 45.6 Å². The van der Waals surface area contributed by atoms with Crippen LogP contribution in [0, 0.1) is 0 Å². The molecule has 10 nitrogen and oxygen atoms in total. The van der Waals surface area contributed by atoms with E-state index in [1.165, 1.54) is 52.3 Å². The summed E-state index contributed by atoms with van der Waals surface area (Å²) in [6, 6.07) is 5.23. The van der Waals surface area contributed by atoms with Crippen LogP contribution >= 0.6 is 0 Å². The van der Waals surface area contributed by atoms with Crippen molar-refractivity contribution in [1.29, 1.82) is 0 Å². The first-order chi connectivity index (χ1) is 19.8. The van der Waals surface area contributed by atoms with E-state index < -0.39 is 40.2 Å². The van der Waals surface area contributed by atoms with Gasteiger partial charge in [0.05, 0.1) is 41.7 Å².